The SMILES string of the molecule is NC(=O)CC(N)C(=O)N1CCCC2CCCCC21. The Bertz CT molecular complexity index is 330. The molecule has 3 unspecified atom stereocenters. The smallest absolute Gasteiger partial charge is 0.240 e. The van der Waals surface area contributed by atoms with Gasteiger partial charge in [0.1, 0.15) is 0 Å². The maximum Gasteiger partial charge on any atom is 0.240 e. The molecule has 5 heteroatoms. The minimum atomic E-state index is -0.761. The van der Waals surface area contributed by atoms with Gasteiger partial charge in [0, 0.05) is 12.6 Å². The molecule has 1 aliphatic carbocycles. The number of fused-ring (bicyclic) bond motifs is 1. The first-order valence-corrected chi connectivity index (χ1v) is 6.94. The largest absolute Gasteiger partial charge is 0.370 e. The van der Waals surface area contributed by atoms with Crippen molar-refractivity contribution in [1.29, 1.82) is 0 Å². The molecule has 0 spiro atoms. The number of carbonyl (C=O) groups excluding carboxylic acids is 2. The van der Waals surface area contributed by atoms with Crippen LogP contribution in [-0.4, -0.2) is 35.3 Å². The zero-order valence-corrected chi connectivity index (χ0v) is 10.8. The summed E-state index contributed by atoms with van der Waals surface area (Å²) in [7, 11) is 0. The first-order valence-electron chi connectivity index (χ1n) is 6.94. The standard InChI is InChI=1S/C13H23N3O2/c14-10(8-12(15)17)13(18)16-7-3-5-9-4-1-2-6-11(9)16/h9-11H,1-8,14H2,(H2,15,17). The Morgan fingerprint density at radius 3 is 2.56 bits per heavy atom. The maximum absolute atomic E-state index is 12.3. The van der Waals surface area contributed by atoms with Crippen molar-refractivity contribution < 1.29 is 9.59 Å². The van der Waals surface area contributed by atoms with Crippen LogP contribution < -0.4 is 11.5 Å². The third kappa shape index (κ3) is 2.83. The Hall–Kier alpha value is -1.10. The molecule has 4 N–H and O–H groups in total. The van der Waals surface area contributed by atoms with Gasteiger partial charge in [-0.3, -0.25) is 9.59 Å². The second-order valence-electron chi connectivity index (χ2n) is 5.56. The van der Waals surface area contributed by atoms with Crippen molar-refractivity contribution in [3.05, 3.63) is 0 Å². The van der Waals surface area contributed by atoms with Crippen LogP contribution in [0.25, 0.3) is 0 Å². The second-order valence-corrected chi connectivity index (χ2v) is 5.56. The highest BCUT2D eigenvalue weighted by molar-refractivity contribution is 5.87. The maximum atomic E-state index is 12.3. The summed E-state index contributed by atoms with van der Waals surface area (Å²) in [5.41, 5.74) is 10.9. The lowest BCUT2D eigenvalue weighted by Crippen LogP contribution is -2.55. The van der Waals surface area contributed by atoms with E-state index in [0.29, 0.717) is 12.0 Å². The Balaban J connectivity index is 2.01. The van der Waals surface area contributed by atoms with E-state index in [1.807, 2.05) is 4.90 Å². The normalized spacial score (nSPS) is 29.5. The molecule has 1 aliphatic heterocycles. The highest BCUT2D eigenvalue weighted by Gasteiger charge is 2.37. The third-order valence-corrected chi connectivity index (χ3v) is 4.26. The highest BCUT2D eigenvalue weighted by Crippen LogP contribution is 2.35. The van der Waals surface area contributed by atoms with Crippen molar-refractivity contribution in [2.75, 3.05) is 6.54 Å². The topological polar surface area (TPSA) is 89.4 Å². The van der Waals surface area contributed by atoms with E-state index in [1.54, 1.807) is 0 Å². The van der Waals surface area contributed by atoms with E-state index < -0.39 is 11.9 Å². The summed E-state index contributed by atoms with van der Waals surface area (Å²) in [5.74, 6) is 0.0377. The first-order chi connectivity index (χ1) is 8.59. The van der Waals surface area contributed by atoms with E-state index in [4.69, 9.17) is 11.5 Å². The van der Waals surface area contributed by atoms with E-state index in [-0.39, 0.29) is 12.3 Å². The van der Waals surface area contributed by atoms with E-state index in [0.717, 1.165) is 19.4 Å². The number of carbonyl (C=O) groups is 2. The van der Waals surface area contributed by atoms with Crippen LogP contribution in [0, 0.1) is 5.92 Å². The van der Waals surface area contributed by atoms with Crippen molar-refractivity contribution >= 4 is 11.8 Å². The highest BCUT2D eigenvalue weighted by atomic mass is 16.2. The molecule has 0 aromatic rings. The Kier molecular flexibility index (Phi) is 4.22. The Morgan fingerprint density at radius 1 is 1.17 bits per heavy atom. The summed E-state index contributed by atoms with van der Waals surface area (Å²) in [5, 5.41) is 0. The van der Waals surface area contributed by atoms with E-state index in [1.165, 1.54) is 25.7 Å². The summed E-state index contributed by atoms with van der Waals surface area (Å²) in [6, 6.07) is -0.415. The van der Waals surface area contributed by atoms with Crippen molar-refractivity contribution in [2.45, 2.75) is 57.0 Å². The lowest BCUT2D eigenvalue weighted by Gasteiger charge is -2.44. The molecular weight excluding hydrogens is 230 g/mol. The number of hydrogen-bond donors (Lipinski definition) is 2. The van der Waals surface area contributed by atoms with Gasteiger partial charge in [0.15, 0.2) is 0 Å². The fourth-order valence-corrected chi connectivity index (χ4v) is 3.42. The fraction of sp³-hybridized carbons (Fsp3) is 0.846. The van der Waals surface area contributed by atoms with E-state index in [9.17, 15) is 9.59 Å². The molecule has 1 saturated heterocycles. The van der Waals surface area contributed by atoms with Gasteiger partial charge in [-0.1, -0.05) is 12.8 Å². The molecule has 0 radical (unpaired) electrons. The van der Waals surface area contributed by atoms with Crippen LogP contribution in [0.4, 0.5) is 0 Å². The zero-order valence-electron chi connectivity index (χ0n) is 10.8. The number of nitrogens with two attached hydrogens (primary N) is 2. The third-order valence-electron chi connectivity index (χ3n) is 4.26. The lowest BCUT2D eigenvalue weighted by molar-refractivity contribution is -0.140. The van der Waals surface area contributed by atoms with E-state index in [2.05, 4.69) is 0 Å². The monoisotopic (exact) mass is 253 g/mol. The van der Waals surface area contributed by atoms with Gasteiger partial charge in [-0.05, 0) is 31.6 Å². The van der Waals surface area contributed by atoms with Gasteiger partial charge in [0.2, 0.25) is 11.8 Å². The van der Waals surface area contributed by atoms with Crippen molar-refractivity contribution in [1.82, 2.24) is 4.90 Å². The number of amides is 2. The summed E-state index contributed by atoms with van der Waals surface area (Å²) in [6.45, 7) is 0.784. The molecule has 2 amide bonds. The van der Waals surface area contributed by atoms with Gasteiger partial charge in [-0.15, -0.1) is 0 Å². The van der Waals surface area contributed by atoms with Gasteiger partial charge in [-0.2, -0.15) is 0 Å². The number of primary amides is 1. The molecule has 5 nitrogen and oxygen atoms in total. The van der Waals surface area contributed by atoms with Crippen LogP contribution in [0.15, 0.2) is 0 Å². The molecule has 3 atom stereocenters. The number of hydrogen-bond acceptors (Lipinski definition) is 3. The summed E-state index contributed by atoms with van der Waals surface area (Å²) < 4.78 is 0. The fourth-order valence-electron chi connectivity index (χ4n) is 3.42. The number of piperidine rings is 1. The molecule has 2 aliphatic rings. The van der Waals surface area contributed by atoms with Crippen LogP contribution in [0.3, 0.4) is 0 Å². The number of rotatable bonds is 3. The molecule has 2 rings (SSSR count). The predicted octanol–water partition coefficient (Wildman–Crippen LogP) is 0.370. The number of likely N-dealkylation sites (tertiary alicyclic amines) is 1. The minimum absolute atomic E-state index is 0.0489. The lowest BCUT2D eigenvalue weighted by atomic mass is 9.78. The zero-order chi connectivity index (χ0) is 13.1. The van der Waals surface area contributed by atoms with Crippen molar-refractivity contribution in [2.24, 2.45) is 17.4 Å². The molecule has 1 heterocycles. The average Bonchev–Trinajstić information content (AvgIpc) is 2.36. The van der Waals surface area contributed by atoms with Crippen LogP contribution in [0.1, 0.15) is 44.9 Å². The minimum Gasteiger partial charge on any atom is -0.370 e. The molecule has 102 valence electrons. The van der Waals surface area contributed by atoms with Crippen LogP contribution in [0.5, 0.6) is 0 Å². The molecule has 0 bridgehead atoms. The van der Waals surface area contributed by atoms with Gasteiger partial charge in [0.25, 0.3) is 0 Å². The van der Waals surface area contributed by atoms with Crippen molar-refractivity contribution in [3.63, 3.8) is 0 Å². The van der Waals surface area contributed by atoms with Gasteiger partial charge in [0.05, 0.1) is 12.5 Å². The second kappa shape index (κ2) is 5.69. The van der Waals surface area contributed by atoms with Gasteiger partial charge in [-0.25, -0.2) is 0 Å². The summed E-state index contributed by atoms with van der Waals surface area (Å²) in [6.07, 6.45) is 6.99. The molecule has 0 aromatic heterocycles. The van der Waals surface area contributed by atoms with Crippen molar-refractivity contribution in [3.8, 4) is 0 Å². The van der Waals surface area contributed by atoms with Gasteiger partial charge < -0.3 is 16.4 Å². The Labute approximate surface area is 108 Å². The molecular formula is C13H23N3O2. The average molecular weight is 253 g/mol. The summed E-state index contributed by atoms with van der Waals surface area (Å²) in [4.78, 5) is 25.1. The van der Waals surface area contributed by atoms with Gasteiger partial charge >= 0.3 is 0 Å². The quantitative estimate of drug-likeness (QED) is 0.761. The predicted molar refractivity (Wildman–Crippen MR) is 68.5 cm³/mol. The van der Waals surface area contributed by atoms with Crippen LogP contribution in [0.2, 0.25) is 0 Å². The molecule has 18 heavy (non-hydrogen) atoms. The molecule has 1 saturated carbocycles. The van der Waals surface area contributed by atoms with E-state index >= 15 is 0 Å². The molecule has 0 aromatic carbocycles. The Morgan fingerprint density at radius 2 is 1.83 bits per heavy atom. The van der Waals surface area contributed by atoms with Crippen LogP contribution in [-0.2, 0) is 9.59 Å². The van der Waals surface area contributed by atoms with Crippen LogP contribution >= 0.6 is 0 Å². The first kappa shape index (κ1) is 13.3. The molecule has 2 fully saturated rings. The number of nitrogens with zero attached hydrogens (tertiary/aromatic N) is 1. The summed E-state index contributed by atoms with van der Waals surface area (Å²) >= 11 is 0.